The molecule has 0 N–H and O–H groups in total. The summed E-state index contributed by atoms with van der Waals surface area (Å²) in [6.07, 6.45) is 1.84. The first-order chi connectivity index (χ1) is 11.2. The molecule has 0 radical (unpaired) electrons. The first kappa shape index (κ1) is 14.4. The lowest BCUT2D eigenvalue weighted by Gasteiger charge is -2.04. The van der Waals surface area contributed by atoms with Crippen molar-refractivity contribution in [1.29, 1.82) is 0 Å². The largest absolute Gasteiger partial charge is 0.294 e. The van der Waals surface area contributed by atoms with Crippen LogP contribution < -0.4 is 0 Å². The highest BCUT2D eigenvalue weighted by atomic mass is 32.1. The van der Waals surface area contributed by atoms with Crippen molar-refractivity contribution in [3.8, 4) is 27.0 Å². The van der Waals surface area contributed by atoms with Gasteiger partial charge < -0.3 is 0 Å². The van der Waals surface area contributed by atoms with Crippen LogP contribution in [0.25, 0.3) is 27.0 Å². The predicted molar refractivity (Wildman–Crippen MR) is 97.5 cm³/mol. The summed E-state index contributed by atoms with van der Waals surface area (Å²) in [6, 6.07) is 12.5. The van der Waals surface area contributed by atoms with E-state index >= 15 is 0 Å². The Morgan fingerprint density at radius 3 is 2.61 bits per heavy atom. The molecule has 0 aliphatic rings. The molecule has 0 bridgehead atoms. The maximum absolute atomic E-state index is 4.84. The predicted octanol–water partition coefficient (Wildman–Crippen LogP) is 5.34. The summed E-state index contributed by atoms with van der Waals surface area (Å²) in [5.74, 6) is 0. The van der Waals surface area contributed by atoms with Crippen molar-refractivity contribution in [2.75, 3.05) is 0 Å². The number of benzene rings is 1. The van der Waals surface area contributed by atoms with Gasteiger partial charge in [-0.2, -0.15) is 0 Å². The lowest BCUT2D eigenvalue weighted by Crippen LogP contribution is -1.97. The monoisotopic (exact) mass is 337 g/mol. The average molecular weight is 337 g/mol. The Hall–Kier alpha value is -2.24. The molecule has 114 valence electrons. The van der Waals surface area contributed by atoms with E-state index in [0.717, 1.165) is 21.4 Å². The number of thiazole rings is 2. The lowest BCUT2D eigenvalue weighted by atomic mass is 10.2. The van der Waals surface area contributed by atoms with Gasteiger partial charge in [0, 0.05) is 39.5 Å². The molecule has 4 aromatic rings. The fourth-order valence-electron chi connectivity index (χ4n) is 2.75. The van der Waals surface area contributed by atoms with Gasteiger partial charge in [0.15, 0.2) is 5.13 Å². The Kier molecular flexibility index (Phi) is 3.59. The van der Waals surface area contributed by atoms with Gasteiger partial charge in [-0.1, -0.05) is 30.3 Å². The molecule has 0 amide bonds. The molecular weight excluding hydrogens is 322 g/mol. The summed E-state index contributed by atoms with van der Waals surface area (Å²) < 4.78 is 2.20. The quantitative estimate of drug-likeness (QED) is 0.505. The van der Waals surface area contributed by atoms with Crippen LogP contribution in [-0.2, 0) is 0 Å². The molecule has 3 aromatic heterocycles. The van der Waals surface area contributed by atoms with Crippen LogP contribution in [0, 0.1) is 13.8 Å². The molecule has 3 nitrogen and oxygen atoms in total. The first-order valence-electron chi connectivity index (χ1n) is 7.34. The van der Waals surface area contributed by atoms with Crippen LogP contribution in [0.1, 0.15) is 11.4 Å². The minimum Gasteiger partial charge on any atom is -0.294 e. The zero-order valence-corrected chi connectivity index (χ0v) is 14.5. The Morgan fingerprint density at radius 2 is 1.87 bits per heavy atom. The Bertz CT molecular complexity index is 934. The van der Waals surface area contributed by atoms with Gasteiger partial charge in [0.25, 0.3) is 0 Å². The summed E-state index contributed by atoms with van der Waals surface area (Å²) in [4.78, 5) is 9.27. The Labute approximate surface area is 142 Å². The first-order valence-corrected chi connectivity index (χ1v) is 9.10. The van der Waals surface area contributed by atoms with Crippen molar-refractivity contribution in [2.24, 2.45) is 0 Å². The van der Waals surface area contributed by atoms with Gasteiger partial charge in [-0.05, 0) is 19.9 Å². The van der Waals surface area contributed by atoms with E-state index in [1.54, 1.807) is 22.7 Å². The summed E-state index contributed by atoms with van der Waals surface area (Å²) in [7, 11) is 0. The van der Waals surface area contributed by atoms with E-state index in [0.29, 0.717) is 0 Å². The van der Waals surface area contributed by atoms with Crippen LogP contribution >= 0.6 is 22.7 Å². The van der Waals surface area contributed by atoms with Gasteiger partial charge in [0.1, 0.15) is 5.01 Å². The highest BCUT2D eigenvalue weighted by Crippen LogP contribution is 2.33. The highest BCUT2D eigenvalue weighted by molar-refractivity contribution is 7.13. The molecule has 0 atom stereocenters. The van der Waals surface area contributed by atoms with Gasteiger partial charge in [-0.3, -0.25) is 4.57 Å². The molecule has 0 fully saturated rings. The molecular formula is C18H15N3S2. The van der Waals surface area contributed by atoms with Crippen molar-refractivity contribution in [1.82, 2.24) is 14.5 Å². The van der Waals surface area contributed by atoms with Gasteiger partial charge in [0.05, 0.1) is 5.69 Å². The summed E-state index contributed by atoms with van der Waals surface area (Å²) in [5, 5.41) is 6.20. The Balaban J connectivity index is 1.78. The maximum atomic E-state index is 4.84. The van der Waals surface area contributed by atoms with Crippen LogP contribution in [0.4, 0.5) is 0 Å². The fourth-order valence-corrected chi connectivity index (χ4v) is 4.33. The second-order valence-electron chi connectivity index (χ2n) is 5.34. The van der Waals surface area contributed by atoms with E-state index in [9.17, 15) is 0 Å². The molecule has 0 saturated heterocycles. The van der Waals surface area contributed by atoms with E-state index in [1.807, 2.05) is 29.8 Å². The maximum Gasteiger partial charge on any atom is 0.193 e. The number of hydrogen-bond acceptors (Lipinski definition) is 4. The number of hydrogen-bond donors (Lipinski definition) is 0. The number of rotatable bonds is 3. The highest BCUT2D eigenvalue weighted by Gasteiger charge is 2.16. The molecule has 0 unspecified atom stereocenters. The number of aryl methyl sites for hydroxylation is 1. The molecule has 5 heteroatoms. The molecule has 0 saturated carbocycles. The van der Waals surface area contributed by atoms with Crippen LogP contribution in [0.5, 0.6) is 0 Å². The molecule has 1 aromatic carbocycles. The van der Waals surface area contributed by atoms with Crippen molar-refractivity contribution < 1.29 is 0 Å². The van der Waals surface area contributed by atoms with E-state index < -0.39 is 0 Å². The van der Waals surface area contributed by atoms with Crippen LogP contribution in [0.3, 0.4) is 0 Å². The van der Waals surface area contributed by atoms with E-state index in [2.05, 4.69) is 47.0 Å². The van der Waals surface area contributed by atoms with Crippen molar-refractivity contribution in [2.45, 2.75) is 13.8 Å². The normalized spacial score (nSPS) is 11.0. The molecule has 0 aliphatic heterocycles. The second kappa shape index (κ2) is 5.76. The van der Waals surface area contributed by atoms with Crippen LogP contribution in [0.2, 0.25) is 0 Å². The number of aromatic nitrogens is 3. The van der Waals surface area contributed by atoms with Crippen molar-refractivity contribution in [3.05, 3.63) is 64.7 Å². The SMILES string of the molecule is Cc1cc(-c2csc(-c3ccccc3)n2)c(C)n1-c1nccs1. The molecule has 3 heterocycles. The van der Waals surface area contributed by atoms with Crippen LogP contribution in [0.15, 0.2) is 53.4 Å². The van der Waals surface area contributed by atoms with E-state index in [-0.39, 0.29) is 0 Å². The summed E-state index contributed by atoms with van der Waals surface area (Å²) in [5.41, 5.74) is 5.74. The fraction of sp³-hybridized carbons (Fsp3) is 0.111. The van der Waals surface area contributed by atoms with E-state index in [1.165, 1.54) is 17.0 Å². The zero-order chi connectivity index (χ0) is 15.8. The summed E-state index contributed by atoms with van der Waals surface area (Å²) in [6.45, 7) is 4.24. The lowest BCUT2D eigenvalue weighted by molar-refractivity contribution is 0.951. The smallest absolute Gasteiger partial charge is 0.193 e. The van der Waals surface area contributed by atoms with Crippen molar-refractivity contribution >= 4 is 22.7 Å². The minimum absolute atomic E-state index is 1.00. The van der Waals surface area contributed by atoms with Crippen LogP contribution in [-0.4, -0.2) is 14.5 Å². The third-order valence-corrected chi connectivity index (χ3v) is 5.49. The molecule has 4 rings (SSSR count). The topological polar surface area (TPSA) is 30.7 Å². The van der Waals surface area contributed by atoms with E-state index in [4.69, 9.17) is 4.98 Å². The molecule has 23 heavy (non-hydrogen) atoms. The van der Waals surface area contributed by atoms with Gasteiger partial charge in [-0.15, -0.1) is 22.7 Å². The molecule has 0 aliphatic carbocycles. The van der Waals surface area contributed by atoms with Gasteiger partial charge in [-0.25, -0.2) is 9.97 Å². The average Bonchev–Trinajstić information content (AvgIpc) is 3.29. The third-order valence-electron chi connectivity index (χ3n) is 3.84. The Morgan fingerprint density at radius 1 is 1.04 bits per heavy atom. The van der Waals surface area contributed by atoms with Gasteiger partial charge >= 0.3 is 0 Å². The number of nitrogens with zero attached hydrogens (tertiary/aromatic N) is 3. The second-order valence-corrected chi connectivity index (χ2v) is 7.07. The van der Waals surface area contributed by atoms with Crippen molar-refractivity contribution in [3.63, 3.8) is 0 Å². The third kappa shape index (κ3) is 2.52. The van der Waals surface area contributed by atoms with Gasteiger partial charge in [0.2, 0.25) is 0 Å². The summed E-state index contributed by atoms with van der Waals surface area (Å²) >= 11 is 3.33. The standard InChI is InChI=1S/C18H15N3S2/c1-12-10-15(13(2)21(12)18-19-8-9-22-18)16-11-23-17(20-16)14-6-4-3-5-7-14/h3-11H,1-2H3. The molecule has 0 spiro atoms. The zero-order valence-electron chi connectivity index (χ0n) is 12.9. The minimum atomic E-state index is 1.00.